The third-order valence-electron chi connectivity index (χ3n) is 4.58. The van der Waals surface area contributed by atoms with Crippen molar-refractivity contribution in [1.29, 1.82) is 5.26 Å². The minimum Gasteiger partial charge on any atom is -0.393 e. The lowest BCUT2D eigenvalue weighted by atomic mass is 9.95. The smallest absolute Gasteiger partial charge is 0.172 e. The summed E-state index contributed by atoms with van der Waals surface area (Å²) in [6, 6.07) is 0. The van der Waals surface area contributed by atoms with E-state index in [4.69, 9.17) is 26.5 Å². The number of nitrogen functional groups attached to an aromatic ring is 1. The van der Waals surface area contributed by atoms with Crippen molar-refractivity contribution in [3.8, 4) is 5.40 Å². The zero-order valence-electron chi connectivity index (χ0n) is 16.5. The highest BCUT2D eigenvalue weighted by Crippen LogP contribution is 2.35. The molecule has 2 aromatic rings. The molecule has 2 aromatic heterocycles. The minimum absolute atomic E-state index is 0.235. The van der Waals surface area contributed by atoms with Crippen LogP contribution >= 0.6 is 11.8 Å². The van der Waals surface area contributed by atoms with E-state index in [1.54, 1.807) is 6.92 Å². The van der Waals surface area contributed by atoms with E-state index in [9.17, 15) is 0 Å². The van der Waals surface area contributed by atoms with Crippen LogP contribution in [0.2, 0.25) is 0 Å². The van der Waals surface area contributed by atoms with Gasteiger partial charge < -0.3 is 10.6 Å². The Bertz CT molecular complexity index is 886. The number of aromatic nitrogens is 4. The number of aryl methyl sites for hydroxylation is 1. The fourth-order valence-corrected chi connectivity index (χ4v) is 3.59. The molecule has 150 valence electrons. The average Bonchev–Trinajstić information content (AvgIpc) is 3.24. The molecule has 0 aromatic carbocycles. The maximum atomic E-state index is 8.95. The average molecular weight is 404 g/mol. The number of anilines is 3. The van der Waals surface area contributed by atoms with Crippen LogP contribution in [0.25, 0.3) is 0 Å². The predicted octanol–water partition coefficient (Wildman–Crippen LogP) is 1.72. The summed E-state index contributed by atoms with van der Waals surface area (Å²) in [5.74, 6) is 8.04. The predicted molar refractivity (Wildman–Crippen MR) is 108 cm³/mol. The molecule has 4 N–H and O–H groups in total. The number of rotatable bonds is 5. The van der Waals surface area contributed by atoms with E-state index in [-0.39, 0.29) is 17.2 Å². The first-order valence-electron chi connectivity index (χ1n) is 8.98. The number of thiocyanates is 1. The first-order chi connectivity index (χ1) is 13.2. The molecular formula is C17H25N9OS. The second-order valence-corrected chi connectivity index (χ2v) is 8.93. The Morgan fingerprint density at radius 3 is 2.71 bits per heavy atom. The number of hydrogen-bond donors (Lipinski definition) is 2. The fourth-order valence-electron chi connectivity index (χ4n) is 2.96. The zero-order valence-corrected chi connectivity index (χ0v) is 17.3. The molecule has 1 atom stereocenters. The third kappa shape index (κ3) is 4.13. The molecule has 0 amide bonds. The molecule has 0 saturated carbocycles. The van der Waals surface area contributed by atoms with Gasteiger partial charge in [-0.25, -0.2) is 20.4 Å². The summed E-state index contributed by atoms with van der Waals surface area (Å²) in [4.78, 5) is 11.5. The Kier molecular flexibility index (Phi) is 5.62. The van der Waals surface area contributed by atoms with Gasteiger partial charge >= 0.3 is 0 Å². The fraction of sp³-hybridized carbons (Fsp3) is 0.588. The molecule has 3 heterocycles. The van der Waals surface area contributed by atoms with Crippen molar-refractivity contribution in [2.24, 2.45) is 5.84 Å². The van der Waals surface area contributed by atoms with Crippen LogP contribution < -0.4 is 21.5 Å². The number of nitrogens with zero attached hydrogens (tertiary/aromatic N) is 7. The lowest BCUT2D eigenvalue weighted by Crippen LogP contribution is -2.35. The van der Waals surface area contributed by atoms with E-state index in [0.717, 1.165) is 13.0 Å². The molecule has 1 aliphatic heterocycles. The van der Waals surface area contributed by atoms with E-state index < -0.39 is 0 Å². The van der Waals surface area contributed by atoms with Gasteiger partial charge in [0.25, 0.3) is 0 Å². The van der Waals surface area contributed by atoms with Gasteiger partial charge in [0.15, 0.2) is 11.6 Å². The Labute approximate surface area is 168 Å². The molecule has 1 aliphatic rings. The summed E-state index contributed by atoms with van der Waals surface area (Å²) in [5, 5.41) is 20.5. The van der Waals surface area contributed by atoms with Gasteiger partial charge in [-0.15, -0.1) is 0 Å². The van der Waals surface area contributed by atoms with Gasteiger partial charge in [0.05, 0.1) is 6.54 Å². The van der Waals surface area contributed by atoms with E-state index >= 15 is 0 Å². The first-order valence-corrected chi connectivity index (χ1v) is 9.86. The first kappa shape index (κ1) is 20.2. The molecule has 0 radical (unpaired) electrons. The number of nitrogens with two attached hydrogens (primary N) is 2. The Hall–Kier alpha value is -2.58. The van der Waals surface area contributed by atoms with Crippen LogP contribution in [0.3, 0.4) is 0 Å². The number of hydrogen-bond acceptors (Lipinski definition) is 11. The molecule has 3 rings (SSSR count). The van der Waals surface area contributed by atoms with Gasteiger partial charge in [0.1, 0.15) is 28.3 Å². The lowest BCUT2D eigenvalue weighted by Gasteiger charge is -2.27. The summed E-state index contributed by atoms with van der Waals surface area (Å²) >= 11 is 1.29. The van der Waals surface area contributed by atoms with Crippen LogP contribution in [0.1, 0.15) is 44.4 Å². The van der Waals surface area contributed by atoms with Crippen LogP contribution in [0.4, 0.5) is 17.3 Å². The Morgan fingerprint density at radius 2 is 2.11 bits per heavy atom. The summed E-state index contributed by atoms with van der Waals surface area (Å²) < 4.78 is 4.75. The highest BCUT2D eigenvalue weighted by atomic mass is 32.2. The molecule has 1 fully saturated rings. The molecule has 0 bridgehead atoms. The van der Waals surface area contributed by atoms with Crippen molar-refractivity contribution in [2.45, 2.75) is 51.3 Å². The quantitative estimate of drug-likeness (QED) is 0.427. The van der Waals surface area contributed by atoms with Gasteiger partial charge in [0, 0.05) is 23.8 Å². The number of nitriles is 1. The second kappa shape index (κ2) is 7.81. The van der Waals surface area contributed by atoms with Gasteiger partial charge in [-0.3, -0.25) is 5.01 Å². The van der Waals surface area contributed by atoms with Crippen molar-refractivity contribution >= 4 is 29.1 Å². The topological polar surface area (TPSA) is 147 Å². The zero-order chi connectivity index (χ0) is 20.5. The standard InChI is InChI=1S/C17H25N9OS/c1-10-12(24-27-23-10)8-26(20)15-13(19)14(21-16(22-15)17(2,3)4)25-6-5-11(7-25)28-9-18/h11H,5-8,19-20H2,1-4H3. The summed E-state index contributed by atoms with van der Waals surface area (Å²) in [6.45, 7) is 9.66. The molecule has 1 saturated heterocycles. The molecule has 10 nitrogen and oxygen atoms in total. The van der Waals surface area contributed by atoms with E-state index in [1.165, 1.54) is 16.8 Å². The largest absolute Gasteiger partial charge is 0.393 e. The van der Waals surface area contributed by atoms with Gasteiger partial charge in [-0.1, -0.05) is 31.1 Å². The van der Waals surface area contributed by atoms with Crippen LogP contribution in [-0.4, -0.2) is 38.6 Å². The monoisotopic (exact) mass is 403 g/mol. The number of thioether (sulfide) groups is 1. The van der Waals surface area contributed by atoms with Crippen LogP contribution in [0, 0.1) is 17.6 Å². The molecule has 0 spiro atoms. The molecular weight excluding hydrogens is 378 g/mol. The van der Waals surface area contributed by atoms with Gasteiger partial charge in [-0.2, -0.15) is 5.26 Å². The second-order valence-electron chi connectivity index (χ2n) is 7.85. The third-order valence-corrected chi connectivity index (χ3v) is 5.40. The minimum atomic E-state index is -0.288. The van der Waals surface area contributed by atoms with Crippen LogP contribution in [-0.2, 0) is 12.0 Å². The Balaban J connectivity index is 1.97. The Morgan fingerprint density at radius 1 is 1.36 bits per heavy atom. The van der Waals surface area contributed by atoms with Crippen LogP contribution in [0.5, 0.6) is 0 Å². The van der Waals surface area contributed by atoms with Gasteiger partial charge in [-0.05, 0) is 25.1 Å². The maximum Gasteiger partial charge on any atom is 0.172 e. The molecule has 1 unspecified atom stereocenters. The summed E-state index contributed by atoms with van der Waals surface area (Å²) in [6.07, 6.45) is 0.901. The van der Waals surface area contributed by atoms with Crippen molar-refractivity contribution < 1.29 is 4.63 Å². The molecule has 28 heavy (non-hydrogen) atoms. The maximum absolute atomic E-state index is 8.95. The van der Waals surface area contributed by atoms with E-state index in [2.05, 4.69) is 25.6 Å². The molecule has 0 aliphatic carbocycles. The van der Waals surface area contributed by atoms with Crippen molar-refractivity contribution in [2.75, 3.05) is 28.7 Å². The van der Waals surface area contributed by atoms with Crippen molar-refractivity contribution in [3.63, 3.8) is 0 Å². The lowest BCUT2D eigenvalue weighted by molar-refractivity contribution is 0.301. The van der Waals surface area contributed by atoms with E-state index in [1.807, 2.05) is 20.8 Å². The molecule has 11 heteroatoms. The number of hydrazine groups is 1. The van der Waals surface area contributed by atoms with Crippen LogP contribution in [0.15, 0.2) is 4.63 Å². The normalized spacial score (nSPS) is 17.0. The van der Waals surface area contributed by atoms with E-state index in [0.29, 0.717) is 41.1 Å². The summed E-state index contributed by atoms with van der Waals surface area (Å²) in [5.41, 5.74) is 7.84. The summed E-state index contributed by atoms with van der Waals surface area (Å²) in [7, 11) is 0. The highest BCUT2D eigenvalue weighted by molar-refractivity contribution is 8.04. The SMILES string of the molecule is Cc1nonc1CN(N)c1nc(C(C)(C)C)nc(N2CCC(SC#N)C2)c1N. The van der Waals surface area contributed by atoms with Crippen molar-refractivity contribution in [3.05, 3.63) is 17.2 Å². The highest BCUT2D eigenvalue weighted by Gasteiger charge is 2.30. The van der Waals surface area contributed by atoms with Crippen molar-refractivity contribution in [1.82, 2.24) is 20.3 Å². The van der Waals surface area contributed by atoms with Gasteiger partial charge in [0.2, 0.25) is 0 Å².